The van der Waals surface area contributed by atoms with Crippen LogP contribution in [0.3, 0.4) is 0 Å². The Morgan fingerprint density at radius 3 is 2.53 bits per heavy atom. The zero-order chi connectivity index (χ0) is 14.6. The van der Waals surface area contributed by atoms with Crippen LogP contribution in [0.15, 0.2) is 18.2 Å². The number of halogens is 4. The molecule has 0 fully saturated rings. The summed E-state index contributed by atoms with van der Waals surface area (Å²) in [5.74, 6) is -2.56. The third kappa shape index (κ3) is 4.11. The van der Waals surface area contributed by atoms with Crippen LogP contribution in [-0.2, 0) is 11.0 Å². The van der Waals surface area contributed by atoms with E-state index in [-0.39, 0.29) is 12.1 Å². The number of anilines is 1. The molecule has 106 valence electrons. The maximum Gasteiger partial charge on any atom is 0.419 e. The van der Waals surface area contributed by atoms with Crippen molar-refractivity contribution < 1.29 is 27.5 Å². The predicted molar refractivity (Wildman–Crippen MR) is 61.4 cm³/mol. The summed E-state index contributed by atoms with van der Waals surface area (Å²) in [6.45, 7) is 1.75. The van der Waals surface area contributed by atoms with Crippen molar-refractivity contribution in [2.24, 2.45) is 0 Å². The van der Waals surface area contributed by atoms with E-state index >= 15 is 0 Å². The summed E-state index contributed by atoms with van der Waals surface area (Å²) in [4.78, 5) is 10.9. The van der Waals surface area contributed by atoms with Crippen LogP contribution in [0.1, 0.15) is 25.3 Å². The molecule has 1 rings (SSSR count). The molecule has 2 N–H and O–H groups in total. The lowest BCUT2D eigenvalue weighted by atomic mass is 10.1. The number of rotatable bonds is 5. The van der Waals surface area contributed by atoms with Gasteiger partial charge >= 0.3 is 12.1 Å². The van der Waals surface area contributed by atoms with Gasteiger partial charge in [-0.25, -0.2) is 9.18 Å². The van der Waals surface area contributed by atoms with Crippen molar-refractivity contribution in [1.82, 2.24) is 0 Å². The number of hydrogen-bond acceptors (Lipinski definition) is 2. The normalized spacial score (nSPS) is 13.1. The quantitative estimate of drug-likeness (QED) is 0.811. The second-order valence-corrected chi connectivity index (χ2v) is 4.02. The van der Waals surface area contributed by atoms with Gasteiger partial charge in [0, 0.05) is 5.69 Å². The van der Waals surface area contributed by atoms with E-state index in [1.54, 1.807) is 6.92 Å². The maximum absolute atomic E-state index is 13.0. The Labute approximate surface area is 107 Å². The molecule has 0 heterocycles. The fourth-order valence-corrected chi connectivity index (χ4v) is 1.58. The van der Waals surface area contributed by atoms with Crippen LogP contribution in [0.2, 0.25) is 0 Å². The molecular weight excluding hydrogens is 266 g/mol. The molecule has 7 heteroatoms. The van der Waals surface area contributed by atoms with Crippen LogP contribution in [0.5, 0.6) is 0 Å². The van der Waals surface area contributed by atoms with E-state index in [4.69, 9.17) is 5.11 Å². The maximum atomic E-state index is 13.0. The summed E-state index contributed by atoms with van der Waals surface area (Å²) in [6.07, 6.45) is -4.00. The molecule has 0 saturated heterocycles. The number of nitrogens with one attached hydrogen (secondary N) is 1. The van der Waals surface area contributed by atoms with Gasteiger partial charge in [0.15, 0.2) is 0 Å². The van der Waals surface area contributed by atoms with Crippen LogP contribution >= 0.6 is 0 Å². The van der Waals surface area contributed by atoms with Crippen LogP contribution < -0.4 is 5.32 Å². The summed E-state index contributed by atoms with van der Waals surface area (Å²) in [5, 5.41) is 11.3. The number of hydrogen-bond donors (Lipinski definition) is 2. The second-order valence-electron chi connectivity index (χ2n) is 4.02. The molecule has 0 amide bonds. The van der Waals surface area contributed by atoms with Gasteiger partial charge in [-0.2, -0.15) is 13.2 Å². The number of aliphatic carboxylic acids is 1. The number of carboxylic acid groups (broad SMARTS) is 1. The largest absolute Gasteiger partial charge is 0.480 e. The molecule has 0 spiro atoms. The highest BCUT2D eigenvalue weighted by Crippen LogP contribution is 2.33. The van der Waals surface area contributed by atoms with Gasteiger partial charge in [-0.15, -0.1) is 0 Å². The predicted octanol–water partition coefficient (Wildman–Crippen LogP) is 3.51. The average Bonchev–Trinajstić information content (AvgIpc) is 2.29. The van der Waals surface area contributed by atoms with E-state index in [9.17, 15) is 22.4 Å². The van der Waals surface area contributed by atoms with Crippen LogP contribution in [0.4, 0.5) is 23.2 Å². The first kappa shape index (κ1) is 15.3. The number of carbonyl (C=O) groups is 1. The standard InChI is InChI=1S/C12H13F4NO2/c1-2-3-10(11(18)19)17-7-4-5-9(13)8(6-7)12(14,15)16/h4-6,10,17H,2-3H2,1H3,(H,18,19). The van der Waals surface area contributed by atoms with Gasteiger partial charge in [-0.05, 0) is 24.6 Å². The molecule has 0 bridgehead atoms. The van der Waals surface area contributed by atoms with Gasteiger partial charge in [0.2, 0.25) is 0 Å². The minimum Gasteiger partial charge on any atom is -0.480 e. The van der Waals surface area contributed by atoms with E-state index in [0.29, 0.717) is 18.6 Å². The third-order valence-corrected chi connectivity index (χ3v) is 2.49. The van der Waals surface area contributed by atoms with E-state index in [2.05, 4.69) is 5.32 Å². The molecule has 0 radical (unpaired) electrons. The monoisotopic (exact) mass is 279 g/mol. The zero-order valence-corrected chi connectivity index (χ0v) is 10.1. The third-order valence-electron chi connectivity index (χ3n) is 2.49. The number of alkyl halides is 3. The summed E-state index contributed by atoms with van der Waals surface area (Å²) < 4.78 is 50.5. The van der Waals surface area contributed by atoms with Crippen molar-refractivity contribution >= 4 is 11.7 Å². The van der Waals surface area contributed by atoms with Crippen molar-refractivity contribution in [3.8, 4) is 0 Å². The first-order valence-electron chi connectivity index (χ1n) is 5.61. The van der Waals surface area contributed by atoms with Crippen LogP contribution in [0.25, 0.3) is 0 Å². The average molecular weight is 279 g/mol. The molecule has 0 saturated carbocycles. The lowest BCUT2D eigenvalue weighted by molar-refractivity contribution is -0.140. The van der Waals surface area contributed by atoms with E-state index in [1.807, 2.05) is 0 Å². The van der Waals surface area contributed by atoms with E-state index < -0.39 is 29.6 Å². The minimum absolute atomic E-state index is 0.0745. The van der Waals surface area contributed by atoms with Crippen molar-refractivity contribution in [1.29, 1.82) is 0 Å². The molecule has 1 atom stereocenters. The lowest BCUT2D eigenvalue weighted by Crippen LogP contribution is -2.29. The molecule has 0 aromatic heterocycles. The van der Waals surface area contributed by atoms with Gasteiger partial charge in [0.05, 0.1) is 5.56 Å². The summed E-state index contributed by atoms with van der Waals surface area (Å²) in [5.41, 5.74) is -1.49. The molecule has 3 nitrogen and oxygen atoms in total. The molecule has 1 unspecified atom stereocenters. The molecule has 1 aromatic rings. The minimum atomic E-state index is -4.81. The number of benzene rings is 1. The molecule has 0 aliphatic carbocycles. The molecule has 1 aromatic carbocycles. The van der Waals surface area contributed by atoms with Gasteiger partial charge in [-0.3, -0.25) is 0 Å². The Kier molecular flexibility index (Phi) is 4.74. The highest BCUT2D eigenvalue weighted by Gasteiger charge is 2.34. The summed E-state index contributed by atoms with van der Waals surface area (Å²) in [7, 11) is 0. The highest BCUT2D eigenvalue weighted by atomic mass is 19.4. The smallest absolute Gasteiger partial charge is 0.419 e. The fourth-order valence-electron chi connectivity index (χ4n) is 1.58. The van der Waals surface area contributed by atoms with Crippen molar-refractivity contribution in [3.63, 3.8) is 0 Å². The first-order chi connectivity index (χ1) is 8.75. The van der Waals surface area contributed by atoms with E-state index in [1.165, 1.54) is 0 Å². The Bertz CT molecular complexity index is 460. The van der Waals surface area contributed by atoms with E-state index in [0.717, 1.165) is 6.07 Å². The van der Waals surface area contributed by atoms with Gasteiger partial charge in [0.1, 0.15) is 11.9 Å². The zero-order valence-electron chi connectivity index (χ0n) is 10.1. The SMILES string of the molecule is CCCC(Nc1ccc(F)c(C(F)(F)F)c1)C(=O)O. The van der Waals surface area contributed by atoms with Crippen LogP contribution in [-0.4, -0.2) is 17.1 Å². The Morgan fingerprint density at radius 1 is 1.42 bits per heavy atom. The Hall–Kier alpha value is -1.79. The molecule has 0 aliphatic rings. The Balaban J connectivity index is 2.99. The molecule has 19 heavy (non-hydrogen) atoms. The molecule has 0 aliphatic heterocycles. The second kappa shape index (κ2) is 5.90. The highest BCUT2D eigenvalue weighted by molar-refractivity contribution is 5.77. The van der Waals surface area contributed by atoms with Crippen molar-refractivity contribution in [3.05, 3.63) is 29.6 Å². The van der Waals surface area contributed by atoms with Gasteiger partial charge in [0.25, 0.3) is 0 Å². The lowest BCUT2D eigenvalue weighted by Gasteiger charge is -2.16. The summed E-state index contributed by atoms with van der Waals surface area (Å²) in [6, 6.07) is 1.31. The summed E-state index contributed by atoms with van der Waals surface area (Å²) >= 11 is 0. The first-order valence-corrected chi connectivity index (χ1v) is 5.61. The topological polar surface area (TPSA) is 49.3 Å². The molecular formula is C12H13F4NO2. The number of carboxylic acids is 1. The van der Waals surface area contributed by atoms with Gasteiger partial charge in [-0.1, -0.05) is 13.3 Å². The van der Waals surface area contributed by atoms with Crippen molar-refractivity contribution in [2.75, 3.05) is 5.32 Å². The Morgan fingerprint density at radius 2 is 2.05 bits per heavy atom. The van der Waals surface area contributed by atoms with Gasteiger partial charge < -0.3 is 10.4 Å². The van der Waals surface area contributed by atoms with Crippen molar-refractivity contribution in [2.45, 2.75) is 32.0 Å². The fraction of sp³-hybridized carbons (Fsp3) is 0.417. The van der Waals surface area contributed by atoms with Crippen LogP contribution in [0, 0.1) is 5.82 Å².